The molecule has 2 aromatic carbocycles. The number of ketones is 1. The molecule has 1 aliphatic rings. The van der Waals surface area contributed by atoms with Crippen molar-refractivity contribution in [3.05, 3.63) is 58.8 Å². The van der Waals surface area contributed by atoms with E-state index in [1.807, 2.05) is 0 Å². The van der Waals surface area contributed by atoms with Crippen LogP contribution in [0, 0.1) is 0 Å². The monoisotopic (exact) mass is 340 g/mol. The second kappa shape index (κ2) is 6.68. The molecule has 128 valence electrons. The number of carbonyl (C=O) groups excluding carboxylic acids is 2. The molecule has 0 saturated heterocycles. The van der Waals surface area contributed by atoms with Crippen LogP contribution in [0.4, 0.5) is 0 Å². The number of ether oxygens (including phenoxy) is 4. The number of hydrogen-bond donors (Lipinski definition) is 0. The zero-order chi connectivity index (χ0) is 18.0. The van der Waals surface area contributed by atoms with Gasteiger partial charge in [0.2, 0.25) is 5.78 Å². The third kappa shape index (κ3) is 3.06. The van der Waals surface area contributed by atoms with Gasteiger partial charge in [-0.05, 0) is 42.5 Å². The molecular weight excluding hydrogens is 324 g/mol. The topological polar surface area (TPSA) is 71.1 Å². The molecule has 1 heterocycles. The summed E-state index contributed by atoms with van der Waals surface area (Å²) < 4.78 is 20.8. The molecular formula is C19H16O6. The molecule has 2 aromatic rings. The van der Waals surface area contributed by atoms with Crippen LogP contribution in [-0.2, 0) is 4.74 Å². The van der Waals surface area contributed by atoms with Crippen molar-refractivity contribution in [1.82, 2.24) is 0 Å². The number of benzene rings is 2. The van der Waals surface area contributed by atoms with E-state index in [9.17, 15) is 9.59 Å². The SMILES string of the molecule is COC(=O)c1ccc2c(c1)C(=O)C(=Cc1cc(OC)ccc1OC)O2. The lowest BCUT2D eigenvalue weighted by molar-refractivity contribution is 0.0600. The van der Waals surface area contributed by atoms with E-state index in [1.165, 1.54) is 13.2 Å². The van der Waals surface area contributed by atoms with Gasteiger partial charge in [0.15, 0.2) is 5.76 Å². The predicted molar refractivity (Wildman–Crippen MR) is 90.3 cm³/mol. The van der Waals surface area contributed by atoms with E-state index in [4.69, 9.17) is 14.2 Å². The Hall–Kier alpha value is -3.28. The fourth-order valence-corrected chi connectivity index (χ4v) is 2.53. The van der Waals surface area contributed by atoms with Crippen LogP contribution in [0.15, 0.2) is 42.2 Å². The van der Waals surface area contributed by atoms with E-state index in [2.05, 4.69) is 4.74 Å². The first-order chi connectivity index (χ1) is 12.1. The summed E-state index contributed by atoms with van der Waals surface area (Å²) >= 11 is 0. The fourth-order valence-electron chi connectivity index (χ4n) is 2.53. The van der Waals surface area contributed by atoms with E-state index in [0.717, 1.165) is 0 Å². The van der Waals surface area contributed by atoms with Crippen LogP contribution in [0.25, 0.3) is 6.08 Å². The van der Waals surface area contributed by atoms with Gasteiger partial charge in [-0.3, -0.25) is 4.79 Å². The maximum Gasteiger partial charge on any atom is 0.337 e. The van der Waals surface area contributed by atoms with Crippen molar-refractivity contribution in [1.29, 1.82) is 0 Å². The zero-order valence-corrected chi connectivity index (χ0v) is 14.0. The van der Waals surface area contributed by atoms with Crippen molar-refractivity contribution < 1.29 is 28.5 Å². The van der Waals surface area contributed by atoms with Gasteiger partial charge in [0.05, 0.1) is 32.5 Å². The molecule has 0 fully saturated rings. The van der Waals surface area contributed by atoms with E-state index in [1.54, 1.807) is 50.6 Å². The predicted octanol–water partition coefficient (Wildman–Crippen LogP) is 3.11. The number of methoxy groups -OCH3 is 3. The summed E-state index contributed by atoms with van der Waals surface area (Å²) in [5.74, 6) is 0.918. The third-order valence-corrected chi connectivity index (χ3v) is 3.81. The highest BCUT2D eigenvalue weighted by Gasteiger charge is 2.28. The minimum Gasteiger partial charge on any atom is -0.497 e. The molecule has 6 nitrogen and oxygen atoms in total. The summed E-state index contributed by atoms with van der Waals surface area (Å²) in [5.41, 5.74) is 1.25. The average Bonchev–Trinajstić information content (AvgIpc) is 2.96. The minimum absolute atomic E-state index is 0.142. The van der Waals surface area contributed by atoms with Gasteiger partial charge in [-0.25, -0.2) is 4.79 Å². The van der Waals surface area contributed by atoms with Crippen LogP contribution in [-0.4, -0.2) is 33.1 Å². The van der Waals surface area contributed by atoms with Crippen LogP contribution in [0.2, 0.25) is 0 Å². The number of Topliss-reactive ketones (excluding diaryl/α,β-unsaturated/α-hetero) is 1. The number of allylic oxidation sites excluding steroid dienone is 1. The largest absolute Gasteiger partial charge is 0.497 e. The first kappa shape index (κ1) is 16.6. The van der Waals surface area contributed by atoms with Gasteiger partial charge in [0.1, 0.15) is 17.2 Å². The van der Waals surface area contributed by atoms with Crippen LogP contribution in [0.1, 0.15) is 26.3 Å². The molecule has 0 atom stereocenters. The molecule has 0 bridgehead atoms. The Labute approximate surface area is 144 Å². The van der Waals surface area contributed by atoms with Gasteiger partial charge in [0.25, 0.3) is 0 Å². The van der Waals surface area contributed by atoms with Gasteiger partial charge in [-0.2, -0.15) is 0 Å². The highest BCUT2D eigenvalue weighted by molar-refractivity contribution is 6.15. The second-order valence-corrected chi connectivity index (χ2v) is 5.25. The quantitative estimate of drug-likeness (QED) is 0.629. The Bertz CT molecular complexity index is 881. The average molecular weight is 340 g/mol. The maximum atomic E-state index is 12.6. The summed E-state index contributed by atoms with van der Waals surface area (Å²) in [6.07, 6.45) is 1.58. The van der Waals surface area contributed by atoms with Gasteiger partial charge >= 0.3 is 5.97 Å². The lowest BCUT2D eigenvalue weighted by atomic mass is 10.1. The molecule has 0 saturated carbocycles. The highest BCUT2D eigenvalue weighted by atomic mass is 16.5. The number of hydrogen-bond acceptors (Lipinski definition) is 6. The first-order valence-electron chi connectivity index (χ1n) is 7.46. The van der Waals surface area contributed by atoms with E-state index < -0.39 is 5.97 Å². The smallest absolute Gasteiger partial charge is 0.337 e. The van der Waals surface area contributed by atoms with E-state index in [0.29, 0.717) is 33.9 Å². The van der Waals surface area contributed by atoms with Crippen LogP contribution < -0.4 is 14.2 Å². The molecule has 25 heavy (non-hydrogen) atoms. The molecule has 0 N–H and O–H groups in total. The van der Waals surface area contributed by atoms with Crippen molar-refractivity contribution in [2.24, 2.45) is 0 Å². The van der Waals surface area contributed by atoms with Gasteiger partial charge < -0.3 is 18.9 Å². The Morgan fingerprint density at radius 2 is 1.84 bits per heavy atom. The van der Waals surface area contributed by atoms with Crippen molar-refractivity contribution >= 4 is 17.8 Å². The molecule has 0 amide bonds. The minimum atomic E-state index is -0.512. The molecule has 6 heteroatoms. The van der Waals surface area contributed by atoms with E-state index in [-0.39, 0.29) is 11.5 Å². The molecule has 0 radical (unpaired) electrons. The number of fused-ring (bicyclic) bond motifs is 1. The molecule has 0 spiro atoms. The molecule has 1 aliphatic heterocycles. The lowest BCUT2D eigenvalue weighted by Crippen LogP contribution is -2.03. The van der Waals surface area contributed by atoms with Crippen molar-refractivity contribution in [2.45, 2.75) is 0 Å². The Morgan fingerprint density at radius 1 is 1.04 bits per heavy atom. The fraction of sp³-hybridized carbons (Fsp3) is 0.158. The Kier molecular flexibility index (Phi) is 4.43. The van der Waals surface area contributed by atoms with Crippen LogP contribution in [0.5, 0.6) is 17.2 Å². The summed E-state index contributed by atoms with van der Waals surface area (Å²) in [6.45, 7) is 0. The normalized spacial score (nSPS) is 14.0. The highest BCUT2D eigenvalue weighted by Crippen LogP contribution is 2.34. The Morgan fingerprint density at radius 3 is 2.52 bits per heavy atom. The summed E-state index contributed by atoms with van der Waals surface area (Å²) in [5, 5.41) is 0. The maximum absolute atomic E-state index is 12.6. The van der Waals surface area contributed by atoms with Crippen molar-refractivity contribution in [3.63, 3.8) is 0 Å². The number of carbonyl (C=O) groups is 2. The Balaban J connectivity index is 1.99. The number of esters is 1. The third-order valence-electron chi connectivity index (χ3n) is 3.81. The van der Waals surface area contributed by atoms with Crippen molar-refractivity contribution in [3.8, 4) is 17.2 Å². The van der Waals surface area contributed by atoms with Gasteiger partial charge in [-0.1, -0.05) is 0 Å². The summed E-state index contributed by atoms with van der Waals surface area (Å²) in [6, 6.07) is 9.83. The summed E-state index contributed by atoms with van der Waals surface area (Å²) in [4.78, 5) is 24.2. The second-order valence-electron chi connectivity index (χ2n) is 5.25. The zero-order valence-electron chi connectivity index (χ0n) is 14.0. The molecule has 0 unspecified atom stereocenters. The molecule has 3 rings (SSSR count). The van der Waals surface area contributed by atoms with E-state index >= 15 is 0 Å². The van der Waals surface area contributed by atoms with Crippen LogP contribution in [0.3, 0.4) is 0 Å². The molecule has 0 aromatic heterocycles. The van der Waals surface area contributed by atoms with Crippen LogP contribution >= 0.6 is 0 Å². The first-order valence-corrected chi connectivity index (χ1v) is 7.46. The summed E-state index contributed by atoms with van der Waals surface area (Å²) in [7, 11) is 4.38. The van der Waals surface area contributed by atoms with Gasteiger partial charge in [0, 0.05) is 5.56 Å². The van der Waals surface area contributed by atoms with Gasteiger partial charge in [-0.15, -0.1) is 0 Å². The number of rotatable bonds is 4. The van der Waals surface area contributed by atoms with Crippen molar-refractivity contribution in [2.75, 3.05) is 21.3 Å². The lowest BCUT2D eigenvalue weighted by Gasteiger charge is -2.07. The molecule has 0 aliphatic carbocycles. The standard InChI is InChI=1S/C19H16O6/c1-22-13-5-7-15(23-2)12(8-13)10-17-18(20)14-9-11(19(21)24-3)4-6-16(14)25-17/h4-10H,1-3H3.